The van der Waals surface area contributed by atoms with E-state index >= 15 is 0 Å². The summed E-state index contributed by atoms with van der Waals surface area (Å²) in [6.07, 6.45) is 1.74. The molecule has 0 atom stereocenters. The van der Waals surface area contributed by atoms with Crippen molar-refractivity contribution in [2.45, 2.75) is 20.4 Å². The van der Waals surface area contributed by atoms with Crippen molar-refractivity contribution in [3.63, 3.8) is 0 Å². The quantitative estimate of drug-likeness (QED) is 0.614. The van der Waals surface area contributed by atoms with Gasteiger partial charge in [-0.05, 0) is 54.1 Å². The van der Waals surface area contributed by atoms with Gasteiger partial charge in [0.1, 0.15) is 5.56 Å². The van der Waals surface area contributed by atoms with Crippen LogP contribution in [0.2, 0.25) is 0 Å². The number of carbonyl (C=O) groups is 1. The van der Waals surface area contributed by atoms with Crippen molar-refractivity contribution in [3.8, 4) is 0 Å². The average molecular weight is 370 g/mol. The maximum Gasteiger partial charge on any atom is 0.341 e. The van der Waals surface area contributed by atoms with E-state index in [2.05, 4.69) is 33.8 Å². The molecule has 19 heavy (non-hydrogen) atoms. The number of ether oxygens (including phenoxy) is 1. The molecule has 2 rings (SSSR count). The molecule has 0 saturated heterocycles. The van der Waals surface area contributed by atoms with Gasteiger partial charge in [-0.15, -0.1) is 0 Å². The van der Waals surface area contributed by atoms with E-state index < -0.39 is 0 Å². The number of carbonyl (C=O) groups excluding carboxylic acids is 1. The molecule has 0 unspecified atom stereocenters. The summed E-state index contributed by atoms with van der Waals surface area (Å²) in [5.41, 5.74) is 2.39. The Morgan fingerprint density at radius 1 is 1.47 bits per heavy atom. The van der Waals surface area contributed by atoms with Crippen LogP contribution < -0.4 is 0 Å². The Balaban J connectivity index is 2.18. The Morgan fingerprint density at radius 3 is 2.95 bits per heavy atom. The summed E-state index contributed by atoms with van der Waals surface area (Å²) >= 11 is 2.28. The second kappa shape index (κ2) is 6.18. The Morgan fingerprint density at radius 2 is 2.26 bits per heavy atom. The summed E-state index contributed by atoms with van der Waals surface area (Å²) in [7, 11) is 0. The van der Waals surface area contributed by atoms with Crippen LogP contribution in [-0.4, -0.2) is 22.4 Å². The van der Waals surface area contributed by atoms with E-state index in [1.807, 2.05) is 25.1 Å². The molecule has 0 fully saturated rings. The molecule has 0 N–H and O–H groups in total. The minimum absolute atomic E-state index is 0.311. The monoisotopic (exact) mass is 370 g/mol. The first kappa shape index (κ1) is 14.0. The zero-order chi connectivity index (χ0) is 13.8. The fourth-order valence-electron chi connectivity index (χ4n) is 1.83. The molecular formula is C14H15IN2O2. The summed E-state index contributed by atoms with van der Waals surface area (Å²) in [5.74, 6) is -0.311. The van der Waals surface area contributed by atoms with Crippen LogP contribution in [0, 0.1) is 10.5 Å². The van der Waals surface area contributed by atoms with Crippen molar-refractivity contribution in [1.29, 1.82) is 0 Å². The van der Waals surface area contributed by atoms with Gasteiger partial charge >= 0.3 is 5.97 Å². The van der Waals surface area contributed by atoms with E-state index in [1.54, 1.807) is 17.8 Å². The van der Waals surface area contributed by atoms with Crippen molar-refractivity contribution < 1.29 is 9.53 Å². The third kappa shape index (κ3) is 3.56. The second-order valence-electron chi connectivity index (χ2n) is 4.18. The lowest BCUT2D eigenvalue weighted by atomic mass is 10.2. The SMILES string of the molecule is CCOC(=O)c1cn(Cc2cccc(I)c2)nc1C. The van der Waals surface area contributed by atoms with Gasteiger partial charge in [0.15, 0.2) is 0 Å². The Bertz CT molecular complexity index is 593. The molecule has 0 aliphatic carbocycles. The lowest BCUT2D eigenvalue weighted by Crippen LogP contribution is -2.05. The number of hydrogen-bond acceptors (Lipinski definition) is 3. The van der Waals surface area contributed by atoms with Crippen LogP contribution >= 0.6 is 22.6 Å². The highest BCUT2D eigenvalue weighted by atomic mass is 127. The van der Waals surface area contributed by atoms with Crippen molar-refractivity contribution in [2.24, 2.45) is 0 Å². The summed E-state index contributed by atoms with van der Waals surface area (Å²) in [4.78, 5) is 11.7. The number of esters is 1. The van der Waals surface area contributed by atoms with Crippen LogP contribution in [0.5, 0.6) is 0 Å². The van der Waals surface area contributed by atoms with Crippen LogP contribution in [0.1, 0.15) is 28.5 Å². The van der Waals surface area contributed by atoms with E-state index in [9.17, 15) is 4.79 Å². The van der Waals surface area contributed by atoms with Gasteiger partial charge in [-0.2, -0.15) is 5.10 Å². The molecule has 2 aromatic rings. The number of halogens is 1. The van der Waals surface area contributed by atoms with Crippen LogP contribution in [0.3, 0.4) is 0 Å². The van der Waals surface area contributed by atoms with Crippen LogP contribution in [0.15, 0.2) is 30.5 Å². The van der Waals surface area contributed by atoms with Gasteiger partial charge < -0.3 is 4.74 Å². The number of aromatic nitrogens is 2. The molecule has 0 aliphatic rings. The van der Waals surface area contributed by atoms with Crippen molar-refractivity contribution >= 4 is 28.6 Å². The molecule has 1 aromatic carbocycles. The first-order valence-electron chi connectivity index (χ1n) is 6.05. The fourth-order valence-corrected chi connectivity index (χ4v) is 2.44. The van der Waals surface area contributed by atoms with Gasteiger partial charge in [0.25, 0.3) is 0 Å². The molecule has 1 heterocycles. The zero-order valence-electron chi connectivity index (χ0n) is 10.9. The molecule has 5 heteroatoms. The molecule has 0 spiro atoms. The summed E-state index contributed by atoms with van der Waals surface area (Å²) in [6, 6.07) is 8.20. The third-order valence-corrected chi connectivity index (χ3v) is 3.35. The molecule has 100 valence electrons. The van der Waals surface area contributed by atoms with Crippen molar-refractivity contribution in [2.75, 3.05) is 6.61 Å². The van der Waals surface area contributed by atoms with E-state index in [4.69, 9.17) is 4.74 Å². The average Bonchev–Trinajstić information content (AvgIpc) is 2.70. The number of rotatable bonds is 4. The van der Waals surface area contributed by atoms with Crippen LogP contribution in [0.4, 0.5) is 0 Å². The molecule has 4 nitrogen and oxygen atoms in total. The van der Waals surface area contributed by atoms with Crippen LogP contribution in [0.25, 0.3) is 0 Å². The highest BCUT2D eigenvalue weighted by molar-refractivity contribution is 14.1. The predicted octanol–water partition coefficient (Wildman–Crippen LogP) is 3.02. The van der Waals surface area contributed by atoms with Crippen LogP contribution in [-0.2, 0) is 11.3 Å². The van der Waals surface area contributed by atoms with E-state index in [0.29, 0.717) is 24.4 Å². The summed E-state index contributed by atoms with van der Waals surface area (Å²) < 4.78 is 7.95. The Labute approximate surface area is 125 Å². The molecule has 0 radical (unpaired) electrons. The summed E-state index contributed by atoms with van der Waals surface area (Å²) in [6.45, 7) is 4.64. The van der Waals surface area contributed by atoms with Crippen molar-refractivity contribution in [1.82, 2.24) is 9.78 Å². The summed E-state index contributed by atoms with van der Waals surface area (Å²) in [5, 5.41) is 4.35. The lowest BCUT2D eigenvalue weighted by Gasteiger charge is -2.02. The number of aryl methyl sites for hydroxylation is 1. The number of hydrogen-bond donors (Lipinski definition) is 0. The zero-order valence-corrected chi connectivity index (χ0v) is 13.0. The van der Waals surface area contributed by atoms with Gasteiger partial charge in [-0.25, -0.2) is 4.79 Å². The molecule has 1 aromatic heterocycles. The molecule has 0 bridgehead atoms. The second-order valence-corrected chi connectivity index (χ2v) is 5.42. The molecular weight excluding hydrogens is 355 g/mol. The minimum Gasteiger partial charge on any atom is -0.462 e. The molecule has 0 aliphatic heterocycles. The van der Waals surface area contributed by atoms with E-state index in [1.165, 1.54) is 3.57 Å². The first-order chi connectivity index (χ1) is 9.10. The van der Waals surface area contributed by atoms with Gasteiger partial charge in [0.2, 0.25) is 0 Å². The van der Waals surface area contributed by atoms with Gasteiger partial charge in [-0.3, -0.25) is 4.68 Å². The third-order valence-electron chi connectivity index (χ3n) is 2.68. The number of benzene rings is 1. The smallest absolute Gasteiger partial charge is 0.341 e. The largest absolute Gasteiger partial charge is 0.462 e. The molecule has 0 amide bonds. The molecule has 0 saturated carbocycles. The highest BCUT2D eigenvalue weighted by Crippen LogP contribution is 2.12. The maximum atomic E-state index is 11.7. The van der Waals surface area contributed by atoms with E-state index in [-0.39, 0.29) is 5.97 Å². The first-order valence-corrected chi connectivity index (χ1v) is 7.13. The predicted molar refractivity (Wildman–Crippen MR) is 81.2 cm³/mol. The lowest BCUT2D eigenvalue weighted by molar-refractivity contribution is 0.0525. The standard InChI is InChI=1S/C14H15IN2O2/c1-3-19-14(18)13-9-17(16-10(13)2)8-11-5-4-6-12(15)7-11/h4-7,9H,3,8H2,1-2H3. The van der Waals surface area contributed by atoms with Crippen molar-refractivity contribution in [3.05, 3.63) is 50.9 Å². The fraction of sp³-hybridized carbons (Fsp3) is 0.286. The van der Waals surface area contributed by atoms with E-state index in [0.717, 1.165) is 5.56 Å². The minimum atomic E-state index is -0.311. The highest BCUT2D eigenvalue weighted by Gasteiger charge is 2.14. The Kier molecular flexibility index (Phi) is 4.57. The van der Waals surface area contributed by atoms with Gasteiger partial charge in [0, 0.05) is 9.77 Å². The normalized spacial score (nSPS) is 10.5. The maximum absolute atomic E-state index is 11.7. The van der Waals surface area contributed by atoms with Gasteiger partial charge in [-0.1, -0.05) is 12.1 Å². The van der Waals surface area contributed by atoms with Gasteiger partial charge in [0.05, 0.1) is 18.8 Å². The topological polar surface area (TPSA) is 44.1 Å². The Hall–Kier alpha value is -1.37. The number of nitrogens with zero attached hydrogens (tertiary/aromatic N) is 2.